The van der Waals surface area contributed by atoms with Crippen molar-refractivity contribution >= 4 is 23.3 Å². The van der Waals surface area contributed by atoms with Crippen LogP contribution in [0, 0.1) is 0 Å². The Morgan fingerprint density at radius 1 is 1.42 bits per heavy atom. The van der Waals surface area contributed by atoms with E-state index in [1.165, 1.54) is 11.3 Å². The summed E-state index contributed by atoms with van der Waals surface area (Å²) < 4.78 is 1.82. The van der Waals surface area contributed by atoms with E-state index in [0.717, 1.165) is 24.3 Å². The fraction of sp³-hybridized carbons (Fsp3) is 0.500. The van der Waals surface area contributed by atoms with Gasteiger partial charge >= 0.3 is 6.03 Å². The summed E-state index contributed by atoms with van der Waals surface area (Å²) in [4.78, 5) is 29.5. The number of likely N-dealkylation sites (N-methyl/N-ethyl adjacent to an activating group) is 1. The molecule has 3 heterocycles. The van der Waals surface area contributed by atoms with Crippen LogP contribution in [0.2, 0.25) is 0 Å². The Bertz CT molecular complexity index is 701. The van der Waals surface area contributed by atoms with Crippen LogP contribution in [0.4, 0.5) is 4.79 Å². The monoisotopic (exact) mass is 375 g/mol. The first-order valence-electron chi connectivity index (χ1n) is 9.03. The van der Waals surface area contributed by atoms with Gasteiger partial charge in [-0.05, 0) is 37.3 Å². The number of carbonyl (C=O) groups excluding carboxylic acids is 2. The number of hydrogen-bond donors (Lipinski definition) is 1. The molecule has 1 atom stereocenters. The number of amides is 3. The fourth-order valence-corrected chi connectivity index (χ4v) is 3.85. The van der Waals surface area contributed by atoms with E-state index < -0.39 is 0 Å². The summed E-state index contributed by atoms with van der Waals surface area (Å²) in [5.41, 5.74) is 0. The van der Waals surface area contributed by atoms with Crippen LogP contribution in [0.5, 0.6) is 0 Å². The molecule has 1 fully saturated rings. The molecule has 1 saturated heterocycles. The lowest BCUT2D eigenvalue weighted by molar-refractivity contribution is 0.0699. The van der Waals surface area contributed by atoms with Crippen LogP contribution in [0.15, 0.2) is 36.0 Å². The van der Waals surface area contributed by atoms with E-state index in [-0.39, 0.29) is 18.0 Å². The number of rotatable bonds is 6. The molecular formula is C18H25N5O2S. The van der Waals surface area contributed by atoms with E-state index in [4.69, 9.17) is 0 Å². The molecule has 0 spiro atoms. The van der Waals surface area contributed by atoms with Gasteiger partial charge in [-0.25, -0.2) is 4.79 Å². The normalized spacial score (nSPS) is 17.1. The Morgan fingerprint density at radius 2 is 2.31 bits per heavy atom. The number of likely N-dealkylation sites (tertiary alicyclic amines) is 1. The molecule has 1 unspecified atom stereocenters. The van der Waals surface area contributed by atoms with Crippen LogP contribution in [-0.2, 0) is 6.54 Å². The van der Waals surface area contributed by atoms with Crippen molar-refractivity contribution in [1.29, 1.82) is 0 Å². The molecule has 1 N–H and O–H groups in total. The predicted octanol–water partition coefficient (Wildman–Crippen LogP) is 2.28. The number of hydrogen-bond acceptors (Lipinski definition) is 4. The largest absolute Gasteiger partial charge is 0.336 e. The number of carbonyl (C=O) groups is 2. The Hall–Kier alpha value is -2.35. The Balaban J connectivity index is 1.51. The smallest absolute Gasteiger partial charge is 0.317 e. The summed E-state index contributed by atoms with van der Waals surface area (Å²) in [5, 5.41) is 9.18. The van der Waals surface area contributed by atoms with Gasteiger partial charge in [-0.15, -0.1) is 11.3 Å². The van der Waals surface area contributed by atoms with Gasteiger partial charge in [0.05, 0.1) is 11.4 Å². The summed E-state index contributed by atoms with van der Waals surface area (Å²) in [6.45, 7) is 5.20. The van der Waals surface area contributed by atoms with Crippen LogP contribution < -0.4 is 5.32 Å². The molecular weight excluding hydrogens is 350 g/mol. The number of thiophene rings is 1. The minimum absolute atomic E-state index is 0.00100. The van der Waals surface area contributed by atoms with E-state index in [9.17, 15) is 9.59 Å². The molecule has 2 aromatic heterocycles. The van der Waals surface area contributed by atoms with Gasteiger partial charge in [0.2, 0.25) is 0 Å². The number of aromatic nitrogens is 2. The molecule has 8 heteroatoms. The van der Waals surface area contributed by atoms with Crippen molar-refractivity contribution < 1.29 is 9.59 Å². The third-order valence-electron chi connectivity index (χ3n) is 4.60. The summed E-state index contributed by atoms with van der Waals surface area (Å²) in [6, 6.07) is 5.54. The van der Waals surface area contributed by atoms with Crippen molar-refractivity contribution in [3.63, 3.8) is 0 Å². The average Bonchev–Trinajstić information content (AvgIpc) is 3.36. The molecule has 0 bridgehead atoms. The van der Waals surface area contributed by atoms with Crippen molar-refractivity contribution in [2.45, 2.75) is 32.4 Å². The topological polar surface area (TPSA) is 70.5 Å². The summed E-state index contributed by atoms with van der Waals surface area (Å²) in [7, 11) is 0. The van der Waals surface area contributed by atoms with Crippen molar-refractivity contribution in [2.24, 2.45) is 0 Å². The Labute approximate surface area is 157 Å². The van der Waals surface area contributed by atoms with E-state index in [0.29, 0.717) is 26.2 Å². The SMILES string of the molecule is CCN(CCn1cccn1)C(=O)NC1CCCN(C(=O)c2cccs2)C1. The molecule has 140 valence electrons. The number of nitrogens with one attached hydrogen (secondary N) is 1. The predicted molar refractivity (Wildman–Crippen MR) is 101 cm³/mol. The maximum atomic E-state index is 12.6. The third-order valence-corrected chi connectivity index (χ3v) is 5.45. The second-order valence-electron chi connectivity index (χ2n) is 6.37. The molecule has 0 aliphatic carbocycles. The number of piperidine rings is 1. The highest BCUT2D eigenvalue weighted by Gasteiger charge is 2.27. The fourth-order valence-electron chi connectivity index (χ4n) is 3.16. The first-order chi connectivity index (χ1) is 12.7. The minimum atomic E-state index is -0.0740. The first kappa shape index (κ1) is 18.4. The van der Waals surface area contributed by atoms with Gasteiger partial charge in [0, 0.05) is 44.6 Å². The maximum Gasteiger partial charge on any atom is 0.317 e. The summed E-state index contributed by atoms with van der Waals surface area (Å²) in [5.74, 6) is 0.0602. The van der Waals surface area contributed by atoms with Gasteiger partial charge in [0.25, 0.3) is 5.91 Å². The van der Waals surface area contributed by atoms with Gasteiger partial charge in [0.1, 0.15) is 0 Å². The highest BCUT2D eigenvalue weighted by molar-refractivity contribution is 7.12. The molecule has 3 amide bonds. The number of urea groups is 1. The van der Waals surface area contributed by atoms with Gasteiger partial charge in [-0.3, -0.25) is 9.48 Å². The molecule has 7 nitrogen and oxygen atoms in total. The summed E-state index contributed by atoms with van der Waals surface area (Å²) in [6.07, 6.45) is 5.43. The lowest BCUT2D eigenvalue weighted by atomic mass is 10.1. The second kappa shape index (κ2) is 8.84. The highest BCUT2D eigenvalue weighted by Crippen LogP contribution is 2.17. The lowest BCUT2D eigenvalue weighted by Gasteiger charge is -2.34. The van der Waals surface area contributed by atoms with Crippen molar-refractivity contribution in [3.8, 4) is 0 Å². The maximum absolute atomic E-state index is 12.6. The average molecular weight is 375 g/mol. The standard InChI is InChI=1S/C18H25N5O2S/c1-2-21(11-12-23-10-5-8-19-23)18(25)20-15-6-3-9-22(14-15)17(24)16-7-4-13-26-16/h4-5,7-8,10,13,15H,2-3,6,9,11-12,14H2,1H3,(H,20,25). The van der Waals surface area contributed by atoms with Gasteiger partial charge in [-0.1, -0.05) is 6.07 Å². The molecule has 1 aliphatic rings. The van der Waals surface area contributed by atoms with Crippen LogP contribution in [0.25, 0.3) is 0 Å². The molecule has 3 rings (SSSR count). The molecule has 26 heavy (non-hydrogen) atoms. The Morgan fingerprint density at radius 3 is 3.00 bits per heavy atom. The molecule has 0 saturated carbocycles. The van der Waals surface area contributed by atoms with Gasteiger partial charge < -0.3 is 15.1 Å². The van der Waals surface area contributed by atoms with Crippen molar-refractivity contribution in [3.05, 3.63) is 40.8 Å². The van der Waals surface area contributed by atoms with E-state index in [2.05, 4.69) is 10.4 Å². The molecule has 2 aromatic rings. The van der Waals surface area contributed by atoms with Crippen LogP contribution in [-0.4, -0.2) is 63.7 Å². The zero-order valence-electron chi connectivity index (χ0n) is 15.0. The van der Waals surface area contributed by atoms with E-state index in [1.807, 2.05) is 46.3 Å². The van der Waals surface area contributed by atoms with E-state index in [1.54, 1.807) is 11.1 Å². The molecule has 0 aromatic carbocycles. The summed E-state index contributed by atoms with van der Waals surface area (Å²) >= 11 is 1.46. The van der Waals surface area contributed by atoms with Crippen molar-refractivity contribution in [1.82, 2.24) is 24.9 Å². The van der Waals surface area contributed by atoms with E-state index >= 15 is 0 Å². The Kier molecular flexibility index (Phi) is 6.27. The molecule has 0 radical (unpaired) electrons. The second-order valence-corrected chi connectivity index (χ2v) is 7.31. The van der Waals surface area contributed by atoms with Crippen LogP contribution in [0.3, 0.4) is 0 Å². The third kappa shape index (κ3) is 4.63. The first-order valence-corrected chi connectivity index (χ1v) is 9.91. The van der Waals surface area contributed by atoms with Crippen molar-refractivity contribution in [2.75, 3.05) is 26.2 Å². The van der Waals surface area contributed by atoms with Crippen LogP contribution in [0.1, 0.15) is 29.4 Å². The zero-order chi connectivity index (χ0) is 18.4. The quantitative estimate of drug-likeness (QED) is 0.842. The zero-order valence-corrected chi connectivity index (χ0v) is 15.8. The highest BCUT2D eigenvalue weighted by atomic mass is 32.1. The minimum Gasteiger partial charge on any atom is -0.336 e. The lowest BCUT2D eigenvalue weighted by Crippen LogP contribution is -2.53. The van der Waals surface area contributed by atoms with Crippen LogP contribution >= 0.6 is 11.3 Å². The van der Waals surface area contributed by atoms with Gasteiger partial charge in [0.15, 0.2) is 0 Å². The molecule has 1 aliphatic heterocycles. The number of nitrogens with zero attached hydrogens (tertiary/aromatic N) is 4. The van der Waals surface area contributed by atoms with Gasteiger partial charge in [-0.2, -0.15) is 5.10 Å².